The molecule has 2 N–H and O–H groups in total. The molecule has 1 saturated heterocycles. The normalized spacial score (nSPS) is 17.0. The summed E-state index contributed by atoms with van der Waals surface area (Å²) in [6, 6.07) is 7.90. The number of hydrogen-bond donors (Lipinski definition) is 2. The second-order valence-electron chi connectivity index (χ2n) is 7.24. The van der Waals surface area contributed by atoms with Gasteiger partial charge >= 0.3 is 6.03 Å². The number of benzene rings is 1. The number of hydrogen-bond acceptors (Lipinski definition) is 3. The fourth-order valence-corrected chi connectivity index (χ4v) is 3.03. The molecule has 0 bridgehead atoms. The molecule has 0 saturated carbocycles. The smallest absolute Gasteiger partial charge is 0.322 e. The van der Waals surface area contributed by atoms with E-state index < -0.39 is 6.10 Å². The van der Waals surface area contributed by atoms with Gasteiger partial charge in [0.15, 0.2) is 0 Å². The van der Waals surface area contributed by atoms with Gasteiger partial charge in [0.1, 0.15) is 0 Å². The summed E-state index contributed by atoms with van der Waals surface area (Å²) in [5.74, 6) is 0.816. The van der Waals surface area contributed by atoms with Crippen LogP contribution in [0.5, 0.6) is 0 Å². The SMILES string of the molecule is CC(O)CN(C(=O)Nc1ccc(N2CCC(C)CC2)cc1)C(C)C. The summed E-state index contributed by atoms with van der Waals surface area (Å²) in [5.41, 5.74) is 2.00. The topological polar surface area (TPSA) is 55.8 Å². The Labute approximate surface area is 145 Å². The van der Waals surface area contributed by atoms with Crippen LogP contribution in [0, 0.1) is 5.92 Å². The molecular formula is C19H31N3O2. The van der Waals surface area contributed by atoms with E-state index >= 15 is 0 Å². The molecule has 1 aliphatic heterocycles. The average molecular weight is 333 g/mol. The number of anilines is 2. The van der Waals surface area contributed by atoms with E-state index in [1.807, 2.05) is 26.0 Å². The van der Waals surface area contributed by atoms with Gasteiger partial charge in [-0.15, -0.1) is 0 Å². The fourth-order valence-electron chi connectivity index (χ4n) is 3.03. The molecule has 1 fully saturated rings. The predicted octanol–water partition coefficient (Wildman–Crippen LogP) is 3.55. The van der Waals surface area contributed by atoms with Crippen molar-refractivity contribution in [3.05, 3.63) is 24.3 Å². The van der Waals surface area contributed by atoms with Gasteiger partial charge in [0.25, 0.3) is 0 Å². The molecule has 0 radical (unpaired) electrons. The van der Waals surface area contributed by atoms with Gasteiger partial charge in [0, 0.05) is 37.1 Å². The summed E-state index contributed by atoms with van der Waals surface area (Å²) in [6.07, 6.45) is 1.93. The lowest BCUT2D eigenvalue weighted by Crippen LogP contribution is -2.43. The molecule has 1 atom stereocenters. The second-order valence-corrected chi connectivity index (χ2v) is 7.24. The zero-order chi connectivity index (χ0) is 17.7. The van der Waals surface area contributed by atoms with Crippen molar-refractivity contribution in [2.24, 2.45) is 5.92 Å². The minimum Gasteiger partial charge on any atom is -0.392 e. The van der Waals surface area contributed by atoms with Crippen LogP contribution in [0.3, 0.4) is 0 Å². The van der Waals surface area contributed by atoms with E-state index in [0.29, 0.717) is 6.54 Å². The van der Waals surface area contributed by atoms with Gasteiger partial charge in [0.05, 0.1) is 6.10 Å². The molecule has 24 heavy (non-hydrogen) atoms. The highest BCUT2D eigenvalue weighted by atomic mass is 16.3. The zero-order valence-electron chi connectivity index (χ0n) is 15.3. The molecule has 134 valence electrons. The van der Waals surface area contributed by atoms with E-state index in [9.17, 15) is 9.90 Å². The van der Waals surface area contributed by atoms with Crippen LogP contribution in [0.4, 0.5) is 16.2 Å². The maximum Gasteiger partial charge on any atom is 0.322 e. The standard InChI is InChI=1S/C19H31N3O2/c1-14(2)22(13-16(4)23)19(24)20-17-5-7-18(8-6-17)21-11-9-15(3)10-12-21/h5-8,14-16,23H,9-13H2,1-4H3,(H,20,24). The van der Waals surface area contributed by atoms with Crippen molar-refractivity contribution in [1.29, 1.82) is 0 Å². The van der Waals surface area contributed by atoms with Crippen molar-refractivity contribution in [3.8, 4) is 0 Å². The first-order valence-corrected chi connectivity index (χ1v) is 8.97. The van der Waals surface area contributed by atoms with E-state index in [0.717, 1.165) is 24.7 Å². The van der Waals surface area contributed by atoms with Gasteiger partial charge < -0.3 is 20.2 Å². The molecule has 0 spiro atoms. The Morgan fingerprint density at radius 3 is 2.33 bits per heavy atom. The number of rotatable bonds is 5. The van der Waals surface area contributed by atoms with Crippen LogP contribution in [0.25, 0.3) is 0 Å². The van der Waals surface area contributed by atoms with Gasteiger partial charge in [-0.25, -0.2) is 4.79 Å². The number of aliphatic hydroxyl groups is 1. The number of urea groups is 1. The van der Waals surface area contributed by atoms with Gasteiger partial charge in [0.2, 0.25) is 0 Å². The van der Waals surface area contributed by atoms with Gasteiger partial charge in [-0.2, -0.15) is 0 Å². The monoisotopic (exact) mass is 333 g/mol. The summed E-state index contributed by atoms with van der Waals surface area (Å²) in [4.78, 5) is 16.5. The van der Waals surface area contributed by atoms with Crippen LogP contribution >= 0.6 is 0 Å². The molecular weight excluding hydrogens is 302 g/mol. The summed E-state index contributed by atoms with van der Waals surface area (Å²) >= 11 is 0. The molecule has 1 aliphatic rings. The van der Waals surface area contributed by atoms with Crippen molar-refractivity contribution < 1.29 is 9.90 Å². The molecule has 0 aromatic heterocycles. The Morgan fingerprint density at radius 2 is 1.83 bits per heavy atom. The Hall–Kier alpha value is -1.75. The number of nitrogens with zero attached hydrogens (tertiary/aromatic N) is 2. The van der Waals surface area contributed by atoms with E-state index in [-0.39, 0.29) is 12.1 Å². The number of nitrogens with one attached hydrogen (secondary N) is 1. The summed E-state index contributed by atoms with van der Waals surface area (Å²) in [7, 11) is 0. The molecule has 2 rings (SSSR count). The average Bonchev–Trinajstić information content (AvgIpc) is 2.53. The maximum absolute atomic E-state index is 12.4. The van der Waals surface area contributed by atoms with Gasteiger partial charge in [-0.05, 0) is 63.8 Å². The first-order chi connectivity index (χ1) is 11.4. The Morgan fingerprint density at radius 1 is 1.25 bits per heavy atom. The van der Waals surface area contributed by atoms with Crippen LogP contribution in [0.15, 0.2) is 24.3 Å². The van der Waals surface area contributed by atoms with E-state index in [2.05, 4.69) is 29.3 Å². The quantitative estimate of drug-likeness (QED) is 0.866. The van der Waals surface area contributed by atoms with Crippen molar-refractivity contribution in [2.75, 3.05) is 29.9 Å². The van der Waals surface area contributed by atoms with E-state index in [4.69, 9.17) is 0 Å². The fraction of sp³-hybridized carbons (Fsp3) is 0.632. The van der Waals surface area contributed by atoms with E-state index in [1.54, 1.807) is 11.8 Å². The minimum atomic E-state index is -0.540. The number of aliphatic hydroxyl groups excluding tert-OH is 1. The zero-order valence-corrected chi connectivity index (χ0v) is 15.3. The van der Waals surface area contributed by atoms with Crippen LogP contribution < -0.4 is 10.2 Å². The Balaban J connectivity index is 1.96. The van der Waals surface area contributed by atoms with Crippen LogP contribution in [0.1, 0.15) is 40.5 Å². The highest BCUT2D eigenvalue weighted by molar-refractivity contribution is 5.89. The van der Waals surface area contributed by atoms with Crippen molar-refractivity contribution in [1.82, 2.24) is 4.90 Å². The van der Waals surface area contributed by atoms with Crippen molar-refractivity contribution in [2.45, 2.75) is 52.7 Å². The lowest BCUT2D eigenvalue weighted by Gasteiger charge is -2.32. The number of carbonyl (C=O) groups excluding carboxylic acids is 1. The number of piperidine rings is 1. The molecule has 1 heterocycles. The molecule has 5 heteroatoms. The number of carbonyl (C=O) groups is 1. The van der Waals surface area contributed by atoms with Gasteiger partial charge in [-0.3, -0.25) is 0 Å². The first kappa shape index (κ1) is 18.6. The third-order valence-electron chi connectivity index (χ3n) is 4.61. The minimum absolute atomic E-state index is 0.0363. The number of amides is 2. The van der Waals surface area contributed by atoms with Crippen LogP contribution in [-0.2, 0) is 0 Å². The van der Waals surface area contributed by atoms with Crippen LogP contribution in [-0.4, -0.2) is 47.8 Å². The lowest BCUT2D eigenvalue weighted by atomic mass is 9.99. The summed E-state index contributed by atoms with van der Waals surface area (Å²) in [5, 5.41) is 12.5. The largest absolute Gasteiger partial charge is 0.392 e. The Kier molecular flexibility index (Phi) is 6.49. The Bertz CT molecular complexity index is 520. The summed E-state index contributed by atoms with van der Waals surface area (Å²) < 4.78 is 0. The molecule has 2 amide bonds. The van der Waals surface area contributed by atoms with Crippen molar-refractivity contribution >= 4 is 17.4 Å². The van der Waals surface area contributed by atoms with Crippen LogP contribution in [0.2, 0.25) is 0 Å². The highest BCUT2D eigenvalue weighted by Gasteiger charge is 2.19. The third-order valence-corrected chi connectivity index (χ3v) is 4.61. The molecule has 5 nitrogen and oxygen atoms in total. The van der Waals surface area contributed by atoms with Gasteiger partial charge in [-0.1, -0.05) is 6.92 Å². The third kappa shape index (κ3) is 5.13. The molecule has 1 aromatic rings. The van der Waals surface area contributed by atoms with Crippen molar-refractivity contribution in [3.63, 3.8) is 0 Å². The molecule has 1 aromatic carbocycles. The highest BCUT2D eigenvalue weighted by Crippen LogP contribution is 2.24. The molecule has 1 unspecified atom stereocenters. The lowest BCUT2D eigenvalue weighted by molar-refractivity contribution is 0.125. The maximum atomic E-state index is 12.4. The second kappa shape index (κ2) is 8.38. The molecule has 0 aliphatic carbocycles. The predicted molar refractivity (Wildman–Crippen MR) is 99.6 cm³/mol. The first-order valence-electron chi connectivity index (χ1n) is 8.97. The summed E-state index contributed by atoms with van der Waals surface area (Å²) in [6.45, 7) is 10.4. The van der Waals surface area contributed by atoms with E-state index in [1.165, 1.54) is 18.5 Å².